The molecular weight excluding hydrogens is 199 g/mol. The van der Waals surface area contributed by atoms with Crippen molar-refractivity contribution in [3.63, 3.8) is 0 Å². The summed E-state index contributed by atoms with van der Waals surface area (Å²) in [5, 5.41) is 12.5. The second kappa shape index (κ2) is 2.60. The molecule has 0 fully saturated rings. The molecule has 2 rings (SSSR count). The Labute approximate surface area is 75.6 Å². The van der Waals surface area contributed by atoms with Crippen LogP contribution in [0.1, 0.15) is 5.69 Å². The molecule has 0 aliphatic rings. The number of halogens is 3. The summed E-state index contributed by atoms with van der Waals surface area (Å²) >= 11 is 0. The molecule has 0 aliphatic heterocycles. The predicted octanol–water partition coefficient (Wildman–Crippen LogP) is 1.45. The zero-order valence-electron chi connectivity index (χ0n) is 6.65. The van der Waals surface area contributed by atoms with Gasteiger partial charge in [-0.25, -0.2) is 9.50 Å². The lowest BCUT2D eigenvalue weighted by atomic mass is 10.3. The van der Waals surface area contributed by atoms with Gasteiger partial charge in [0.05, 0.1) is 6.20 Å². The van der Waals surface area contributed by atoms with Crippen LogP contribution in [0.3, 0.4) is 0 Å². The van der Waals surface area contributed by atoms with Gasteiger partial charge in [0, 0.05) is 6.07 Å². The molecule has 14 heavy (non-hydrogen) atoms. The summed E-state index contributed by atoms with van der Waals surface area (Å²) in [5.74, 6) is -0.330. The molecule has 7 heteroatoms. The molecule has 1 N–H and O–H groups in total. The summed E-state index contributed by atoms with van der Waals surface area (Å²) in [6, 6.07) is 0.961. The lowest BCUT2D eigenvalue weighted by molar-refractivity contribution is -0.139. The van der Waals surface area contributed by atoms with Crippen LogP contribution >= 0.6 is 0 Å². The van der Waals surface area contributed by atoms with Gasteiger partial charge in [-0.2, -0.15) is 18.3 Å². The molecule has 0 aliphatic carbocycles. The monoisotopic (exact) mass is 203 g/mol. The van der Waals surface area contributed by atoms with Crippen molar-refractivity contribution in [2.45, 2.75) is 6.18 Å². The van der Waals surface area contributed by atoms with Crippen molar-refractivity contribution in [2.24, 2.45) is 0 Å². The van der Waals surface area contributed by atoms with Crippen LogP contribution in [0.4, 0.5) is 13.2 Å². The van der Waals surface area contributed by atoms with Crippen molar-refractivity contribution in [3.05, 3.63) is 24.3 Å². The fourth-order valence-electron chi connectivity index (χ4n) is 1.09. The Balaban J connectivity index is 2.73. The van der Waals surface area contributed by atoms with Gasteiger partial charge in [-0.3, -0.25) is 0 Å². The average Bonchev–Trinajstić information content (AvgIpc) is 2.45. The summed E-state index contributed by atoms with van der Waals surface area (Å²) < 4.78 is 37.8. The summed E-state index contributed by atoms with van der Waals surface area (Å²) in [4.78, 5) is 3.17. The topological polar surface area (TPSA) is 50.4 Å². The van der Waals surface area contributed by atoms with E-state index in [4.69, 9.17) is 5.11 Å². The van der Waals surface area contributed by atoms with Gasteiger partial charge in [-0.1, -0.05) is 0 Å². The maximum absolute atomic E-state index is 12.3. The smallest absolute Gasteiger partial charge is 0.435 e. The van der Waals surface area contributed by atoms with Gasteiger partial charge in [0.25, 0.3) is 0 Å². The summed E-state index contributed by atoms with van der Waals surface area (Å²) in [5.41, 5.74) is -1.32. The van der Waals surface area contributed by atoms with Crippen LogP contribution in [0.25, 0.3) is 5.52 Å². The minimum Gasteiger partial charge on any atom is -0.506 e. The Morgan fingerprint density at radius 2 is 2.07 bits per heavy atom. The quantitative estimate of drug-likeness (QED) is 0.705. The number of aromatic nitrogens is 3. The van der Waals surface area contributed by atoms with Crippen LogP contribution < -0.4 is 0 Å². The van der Waals surface area contributed by atoms with E-state index in [1.54, 1.807) is 0 Å². The molecule has 0 saturated heterocycles. The summed E-state index contributed by atoms with van der Waals surface area (Å²) in [7, 11) is 0. The highest BCUT2D eigenvalue weighted by atomic mass is 19.4. The number of hydrogen-bond acceptors (Lipinski definition) is 3. The summed E-state index contributed by atoms with van der Waals surface area (Å²) in [6.45, 7) is 0. The fourth-order valence-corrected chi connectivity index (χ4v) is 1.09. The molecule has 0 saturated carbocycles. The normalized spacial score (nSPS) is 12.2. The van der Waals surface area contributed by atoms with Crippen LogP contribution in [0.15, 0.2) is 18.6 Å². The van der Waals surface area contributed by atoms with Gasteiger partial charge in [-0.15, -0.1) is 0 Å². The first-order valence-corrected chi connectivity index (χ1v) is 3.58. The van der Waals surface area contributed by atoms with Crippen molar-refractivity contribution in [2.75, 3.05) is 0 Å². The highest BCUT2D eigenvalue weighted by molar-refractivity contribution is 5.54. The Hall–Kier alpha value is -1.79. The van der Waals surface area contributed by atoms with E-state index in [1.165, 1.54) is 0 Å². The van der Waals surface area contributed by atoms with Crippen molar-refractivity contribution >= 4 is 5.52 Å². The summed E-state index contributed by atoms with van der Waals surface area (Å²) in [6.07, 6.45) is -2.56. The van der Waals surface area contributed by atoms with Gasteiger partial charge in [0.15, 0.2) is 5.69 Å². The Morgan fingerprint density at radius 3 is 2.71 bits per heavy atom. The fraction of sp³-hybridized carbons (Fsp3) is 0.143. The van der Waals surface area contributed by atoms with Crippen molar-refractivity contribution in [1.82, 2.24) is 14.6 Å². The maximum atomic E-state index is 12.3. The third-order valence-electron chi connectivity index (χ3n) is 1.65. The molecule has 0 bridgehead atoms. The molecule has 2 heterocycles. The van der Waals surface area contributed by atoms with Gasteiger partial charge in [0.1, 0.15) is 17.6 Å². The molecule has 0 radical (unpaired) electrons. The average molecular weight is 203 g/mol. The van der Waals surface area contributed by atoms with E-state index >= 15 is 0 Å². The lowest BCUT2D eigenvalue weighted by Gasteiger charge is -2.02. The van der Waals surface area contributed by atoms with E-state index in [-0.39, 0.29) is 11.3 Å². The van der Waals surface area contributed by atoms with E-state index in [9.17, 15) is 13.2 Å². The van der Waals surface area contributed by atoms with E-state index in [1.807, 2.05) is 0 Å². The van der Waals surface area contributed by atoms with Crippen LogP contribution in [0, 0.1) is 0 Å². The first-order valence-electron chi connectivity index (χ1n) is 3.58. The number of nitrogens with zero attached hydrogens (tertiary/aromatic N) is 3. The van der Waals surface area contributed by atoms with Gasteiger partial charge >= 0.3 is 6.18 Å². The predicted molar refractivity (Wildman–Crippen MR) is 39.7 cm³/mol. The highest BCUT2D eigenvalue weighted by Crippen LogP contribution is 2.31. The number of hydrogen-bond donors (Lipinski definition) is 1. The van der Waals surface area contributed by atoms with Gasteiger partial charge in [-0.05, 0) is 0 Å². The lowest BCUT2D eigenvalue weighted by Crippen LogP contribution is -2.06. The third-order valence-corrected chi connectivity index (χ3v) is 1.65. The van der Waals surface area contributed by atoms with E-state index in [0.717, 1.165) is 23.1 Å². The molecule has 4 nitrogen and oxygen atoms in total. The molecule has 0 amide bonds. The largest absolute Gasteiger partial charge is 0.506 e. The van der Waals surface area contributed by atoms with Crippen molar-refractivity contribution in [1.29, 1.82) is 0 Å². The SMILES string of the molecule is Oc1cnn2cnc(C(F)(F)F)c2c1. The van der Waals surface area contributed by atoms with Gasteiger partial charge in [0.2, 0.25) is 0 Å². The van der Waals surface area contributed by atoms with E-state index in [2.05, 4.69) is 10.1 Å². The number of aromatic hydroxyl groups is 1. The second-order valence-corrected chi connectivity index (χ2v) is 2.63. The number of fused-ring (bicyclic) bond motifs is 1. The molecule has 0 unspecified atom stereocenters. The molecule has 0 aromatic carbocycles. The molecular formula is C7H4F3N3O. The molecule has 2 aromatic heterocycles. The highest BCUT2D eigenvalue weighted by Gasteiger charge is 2.35. The Kier molecular flexibility index (Phi) is 1.63. The van der Waals surface area contributed by atoms with Crippen LogP contribution in [-0.4, -0.2) is 19.7 Å². The minimum atomic E-state index is -4.54. The minimum absolute atomic E-state index is 0.266. The molecule has 2 aromatic rings. The zero-order valence-corrected chi connectivity index (χ0v) is 6.65. The first kappa shape index (κ1) is 8.79. The molecule has 74 valence electrons. The maximum Gasteiger partial charge on any atom is 0.435 e. The molecule has 0 spiro atoms. The second-order valence-electron chi connectivity index (χ2n) is 2.63. The molecule has 0 atom stereocenters. The Bertz CT molecular complexity index is 476. The Morgan fingerprint density at radius 1 is 1.36 bits per heavy atom. The van der Waals surface area contributed by atoms with Crippen molar-refractivity contribution < 1.29 is 18.3 Å². The van der Waals surface area contributed by atoms with E-state index in [0.29, 0.717) is 0 Å². The van der Waals surface area contributed by atoms with Crippen LogP contribution in [0.2, 0.25) is 0 Å². The van der Waals surface area contributed by atoms with Crippen LogP contribution in [-0.2, 0) is 6.18 Å². The van der Waals surface area contributed by atoms with Crippen LogP contribution in [0.5, 0.6) is 5.75 Å². The first-order chi connectivity index (χ1) is 6.48. The van der Waals surface area contributed by atoms with Crippen molar-refractivity contribution in [3.8, 4) is 5.75 Å². The van der Waals surface area contributed by atoms with Gasteiger partial charge < -0.3 is 5.11 Å². The zero-order chi connectivity index (χ0) is 10.3. The number of imidazole rings is 1. The standard InChI is InChI=1S/C7H4F3N3O/c8-7(9,10)6-5-1-4(14)2-12-13(5)3-11-6/h1-3,14H. The number of rotatable bonds is 0. The third kappa shape index (κ3) is 1.26. The van der Waals surface area contributed by atoms with E-state index < -0.39 is 11.9 Å². The number of alkyl halides is 3.